The molecule has 0 atom stereocenters. The van der Waals surface area contributed by atoms with Gasteiger partial charge in [0.1, 0.15) is 17.2 Å². The SMILES string of the molecule is COc1ccc2c3c(sc2c1)C(=O)N(CC(=O)O)CCS3. The molecule has 3 rings (SSSR count). The third-order valence-corrected chi connectivity index (χ3v) is 5.64. The zero-order valence-electron chi connectivity index (χ0n) is 11.3. The van der Waals surface area contributed by atoms with E-state index in [1.807, 2.05) is 18.2 Å². The van der Waals surface area contributed by atoms with Crippen LogP contribution in [0.15, 0.2) is 23.1 Å². The van der Waals surface area contributed by atoms with Crippen molar-refractivity contribution in [2.75, 3.05) is 26.0 Å². The predicted octanol–water partition coefficient (Wildman–Crippen LogP) is 2.54. The van der Waals surface area contributed by atoms with Crippen molar-refractivity contribution < 1.29 is 19.4 Å². The number of thioether (sulfide) groups is 1. The molecule has 110 valence electrons. The van der Waals surface area contributed by atoms with Crippen molar-refractivity contribution in [3.63, 3.8) is 0 Å². The van der Waals surface area contributed by atoms with E-state index >= 15 is 0 Å². The topological polar surface area (TPSA) is 66.8 Å². The average molecular weight is 323 g/mol. The summed E-state index contributed by atoms with van der Waals surface area (Å²) in [6.07, 6.45) is 0. The molecule has 5 nitrogen and oxygen atoms in total. The first kappa shape index (κ1) is 14.2. The molecule has 0 saturated carbocycles. The van der Waals surface area contributed by atoms with Crippen molar-refractivity contribution in [3.05, 3.63) is 23.1 Å². The molecule has 1 aromatic heterocycles. The number of methoxy groups -OCH3 is 1. The van der Waals surface area contributed by atoms with Gasteiger partial charge in [-0.2, -0.15) is 0 Å². The Balaban J connectivity index is 2.07. The Morgan fingerprint density at radius 3 is 3.00 bits per heavy atom. The number of fused-ring (bicyclic) bond motifs is 3. The predicted molar refractivity (Wildman–Crippen MR) is 82.6 cm³/mol. The molecule has 0 saturated heterocycles. The minimum atomic E-state index is -0.986. The molecule has 2 aromatic rings. The summed E-state index contributed by atoms with van der Waals surface area (Å²) in [7, 11) is 1.61. The Labute approximate surface area is 129 Å². The molecule has 2 heterocycles. The van der Waals surface area contributed by atoms with Gasteiger partial charge in [-0.15, -0.1) is 23.1 Å². The monoisotopic (exact) mass is 323 g/mol. The van der Waals surface area contributed by atoms with Gasteiger partial charge in [-0.25, -0.2) is 0 Å². The molecule has 0 unspecified atom stereocenters. The Bertz CT molecular complexity index is 725. The summed E-state index contributed by atoms with van der Waals surface area (Å²) in [4.78, 5) is 26.4. The molecule has 1 aliphatic heterocycles. The van der Waals surface area contributed by atoms with Crippen LogP contribution >= 0.6 is 23.1 Å². The second-order valence-electron chi connectivity index (χ2n) is 4.59. The lowest BCUT2D eigenvalue weighted by molar-refractivity contribution is -0.137. The molecule has 1 aliphatic rings. The number of benzene rings is 1. The summed E-state index contributed by atoms with van der Waals surface area (Å²) in [5.74, 6) is 0.264. The van der Waals surface area contributed by atoms with Crippen molar-refractivity contribution in [2.24, 2.45) is 0 Å². The molecule has 1 amide bonds. The van der Waals surface area contributed by atoms with Crippen LogP contribution in [-0.2, 0) is 4.79 Å². The number of ether oxygens (including phenoxy) is 1. The fraction of sp³-hybridized carbons (Fsp3) is 0.286. The first-order chi connectivity index (χ1) is 10.1. The number of carboxylic acid groups (broad SMARTS) is 1. The first-order valence-electron chi connectivity index (χ1n) is 6.34. The first-order valence-corrected chi connectivity index (χ1v) is 8.15. The summed E-state index contributed by atoms with van der Waals surface area (Å²) >= 11 is 3.00. The number of nitrogens with zero attached hydrogens (tertiary/aromatic N) is 1. The molecule has 0 spiro atoms. The summed E-state index contributed by atoms with van der Waals surface area (Å²) < 4.78 is 6.19. The highest BCUT2D eigenvalue weighted by Crippen LogP contribution is 2.41. The van der Waals surface area contributed by atoms with Gasteiger partial charge in [0.05, 0.1) is 7.11 Å². The van der Waals surface area contributed by atoms with E-state index in [4.69, 9.17) is 9.84 Å². The van der Waals surface area contributed by atoms with E-state index in [1.165, 1.54) is 16.2 Å². The fourth-order valence-corrected chi connectivity index (χ4v) is 4.81. The maximum Gasteiger partial charge on any atom is 0.323 e. The maximum atomic E-state index is 12.5. The van der Waals surface area contributed by atoms with Crippen LogP contribution in [0.2, 0.25) is 0 Å². The molecule has 1 N–H and O–H groups in total. The third kappa shape index (κ3) is 2.58. The number of hydrogen-bond donors (Lipinski definition) is 1. The van der Waals surface area contributed by atoms with Crippen LogP contribution < -0.4 is 4.74 Å². The van der Waals surface area contributed by atoms with E-state index in [9.17, 15) is 9.59 Å². The van der Waals surface area contributed by atoms with E-state index in [2.05, 4.69) is 0 Å². The molecular weight excluding hydrogens is 310 g/mol. The van der Waals surface area contributed by atoms with Gasteiger partial charge in [0.25, 0.3) is 5.91 Å². The van der Waals surface area contributed by atoms with E-state index in [-0.39, 0.29) is 12.5 Å². The van der Waals surface area contributed by atoms with Gasteiger partial charge < -0.3 is 14.7 Å². The highest BCUT2D eigenvalue weighted by atomic mass is 32.2. The Morgan fingerprint density at radius 2 is 2.29 bits per heavy atom. The molecule has 0 radical (unpaired) electrons. The van der Waals surface area contributed by atoms with Crippen LogP contribution in [0.4, 0.5) is 0 Å². The van der Waals surface area contributed by atoms with Crippen molar-refractivity contribution >= 4 is 45.1 Å². The van der Waals surface area contributed by atoms with Crippen molar-refractivity contribution in [1.82, 2.24) is 4.90 Å². The lowest BCUT2D eigenvalue weighted by atomic mass is 10.2. The largest absolute Gasteiger partial charge is 0.497 e. The highest BCUT2D eigenvalue weighted by molar-refractivity contribution is 7.99. The second-order valence-corrected chi connectivity index (χ2v) is 6.75. The maximum absolute atomic E-state index is 12.5. The standard InChI is InChI=1S/C14H13NO4S2/c1-19-8-2-3-9-10(6-8)21-13-12(9)20-5-4-15(14(13)18)7-11(16)17/h2-3,6H,4-5,7H2,1H3,(H,16,17). The van der Waals surface area contributed by atoms with Gasteiger partial charge in [0, 0.05) is 27.3 Å². The van der Waals surface area contributed by atoms with Crippen LogP contribution in [0.1, 0.15) is 9.67 Å². The normalized spacial score (nSPS) is 14.9. The van der Waals surface area contributed by atoms with Crippen molar-refractivity contribution in [1.29, 1.82) is 0 Å². The van der Waals surface area contributed by atoms with Crippen molar-refractivity contribution in [2.45, 2.75) is 4.90 Å². The Hall–Kier alpha value is -1.73. The van der Waals surface area contributed by atoms with Gasteiger partial charge in [-0.3, -0.25) is 9.59 Å². The number of carbonyl (C=O) groups excluding carboxylic acids is 1. The van der Waals surface area contributed by atoms with E-state index in [1.54, 1.807) is 18.9 Å². The Kier molecular flexibility index (Phi) is 3.77. The van der Waals surface area contributed by atoms with Gasteiger partial charge in [0.2, 0.25) is 0 Å². The van der Waals surface area contributed by atoms with E-state index in [0.29, 0.717) is 17.2 Å². The smallest absolute Gasteiger partial charge is 0.323 e. The molecule has 7 heteroatoms. The summed E-state index contributed by atoms with van der Waals surface area (Å²) in [5, 5.41) is 9.95. The fourth-order valence-electron chi connectivity index (χ4n) is 2.28. The molecule has 0 fully saturated rings. The van der Waals surface area contributed by atoms with Gasteiger partial charge in [-0.1, -0.05) is 0 Å². The van der Waals surface area contributed by atoms with E-state index < -0.39 is 5.97 Å². The van der Waals surface area contributed by atoms with Gasteiger partial charge in [0.15, 0.2) is 0 Å². The van der Waals surface area contributed by atoms with Crippen LogP contribution in [-0.4, -0.2) is 47.8 Å². The number of carbonyl (C=O) groups is 2. The molecule has 21 heavy (non-hydrogen) atoms. The quantitative estimate of drug-likeness (QED) is 0.940. The summed E-state index contributed by atoms with van der Waals surface area (Å²) in [6.45, 7) is 0.200. The van der Waals surface area contributed by atoms with Crippen LogP contribution in [0, 0.1) is 0 Å². The lowest BCUT2D eigenvalue weighted by Crippen LogP contribution is -2.36. The molecular formula is C14H13NO4S2. The number of amides is 1. The number of hydrogen-bond acceptors (Lipinski definition) is 5. The number of rotatable bonds is 3. The lowest BCUT2D eigenvalue weighted by Gasteiger charge is -2.16. The number of thiophene rings is 1. The van der Waals surface area contributed by atoms with E-state index in [0.717, 1.165) is 20.7 Å². The highest BCUT2D eigenvalue weighted by Gasteiger charge is 2.28. The zero-order chi connectivity index (χ0) is 15.0. The van der Waals surface area contributed by atoms with Gasteiger partial charge >= 0.3 is 5.97 Å². The number of carboxylic acids is 1. The Morgan fingerprint density at radius 1 is 1.48 bits per heavy atom. The molecule has 0 bridgehead atoms. The molecule has 1 aromatic carbocycles. The number of aliphatic carboxylic acids is 1. The van der Waals surface area contributed by atoms with Crippen LogP contribution in [0.5, 0.6) is 5.75 Å². The van der Waals surface area contributed by atoms with Gasteiger partial charge in [-0.05, 0) is 18.2 Å². The third-order valence-electron chi connectivity index (χ3n) is 3.27. The van der Waals surface area contributed by atoms with Crippen LogP contribution in [0.25, 0.3) is 10.1 Å². The minimum Gasteiger partial charge on any atom is -0.497 e. The minimum absolute atomic E-state index is 0.197. The van der Waals surface area contributed by atoms with Crippen molar-refractivity contribution in [3.8, 4) is 5.75 Å². The summed E-state index contributed by atoms with van der Waals surface area (Å²) in [5.41, 5.74) is 0. The van der Waals surface area contributed by atoms with Crippen LogP contribution in [0.3, 0.4) is 0 Å². The summed E-state index contributed by atoms with van der Waals surface area (Å²) in [6, 6.07) is 5.74. The second kappa shape index (κ2) is 5.57. The molecule has 0 aliphatic carbocycles. The average Bonchev–Trinajstić information content (AvgIpc) is 2.75. The zero-order valence-corrected chi connectivity index (χ0v) is 12.9.